The average molecular weight is 205 g/mol. The first-order valence-corrected chi connectivity index (χ1v) is 5.51. The summed E-state index contributed by atoms with van der Waals surface area (Å²) in [5.41, 5.74) is 0. The summed E-state index contributed by atoms with van der Waals surface area (Å²) in [5, 5.41) is 0. The lowest BCUT2D eigenvalue weighted by molar-refractivity contribution is -0.125. The van der Waals surface area contributed by atoms with Crippen LogP contribution < -0.4 is 0 Å². The zero-order valence-corrected chi connectivity index (χ0v) is 8.85. The van der Waals surface area contributed by atoms with Gasteiger partial charge in [-0.05, 0) is 19.3 Å². The number of alkyl halides is 1. The van der Waals surface area contributed by atoms with Crippen LogP contribution >= 0.6 is 11.6 Å². The van der Waals surface area contributed by atoms with Gasteiger partial charge in [-0.25, -0.2) is 0 Å². The lowest BCUT2D eigenvalue weighted by atomic mass is 9.90. The number of carbonyl (C=O) groups is 1. The molecule has 1 heterocycles. The number of ketones is 1. The predicted octanol–water partition coefficient (Wildman–Crippen LogP) is 2.39. The van der Waals surface area contributed by atoms with Crippen molar-refractivity contribution < 1.29 is 9.53 Å². The molecule has 1 aliphatic heterocycles. The van der Waals surface area contributed by atoms with Crippen molar-refractivity contribution in [2.24, 2.45) is 5.92 Å². The van der Waals surface area contributed by atoms with E-state index in [0.717, 1.165) is 32.3 Å². The van der Waals surface area contributed by atoms with Crippen LogP contribution in [0.2, 0.25) is 0 Å². The standard InChI is InChI=1S/C10H17ClO2/c1-2-3-9-6-8(4-5-13-9)10(12)7-11/h8-9H,2-7H2,1H3. The summed E-state index contributed by atoms with van der Waals surface area (Å²) in [6.07, 6.45) is 4.19. The van der Waals surface area contributed by atoms with Crippen LogP contribution in [0.1, 0.15) is 32.6 Å². The molecule has 2 nitrogen and oxygen atoms in total. The number of carbonyl (C=O) groups excluding carboxylic acids is 1. The molecule has 1 rings (SSSR count). The van der Waals surface area contributed by atoms with Gasteiger partial charge in [-0.1, -0.05) is 13.3 Å². The van der Waals surface area contributed by atoms with E-state index in [4.69, 9.17) is 16.3 Å². The van der Waals surface area contributed by atoms with E-state index < -0.39 is 0 Å². The third-order valence-electron chi connectivity index (χ3n) is 2.56. The molecule has 0 amide bonds. The van der Waals surface area contributed by atoms with Crippen molar-refractivity contribution in [2.45, 2.75) is 38.7 Å². The van der Waals surface area contributed by atoms with Crippen LogP contribution in [-0.4, -0.2) is 24.4 Å². The third kappa shape index (κ3) is 3.28. The van der Waals surface area contributed by atoms with Crippen molar-refractivity contribution in [3.05, 3.63) is 0 Å². The molecular formula is C10H17ClO2. The Kier molecular flexibility index (Phi) is 4.74. The molecule has 0 aromatic rings. The number of Topliss-reactive ketones (excluding diaryl/α,β-unsaturated/α-hetero) is 1. The van der Waals surface area contributed by atoms with E-state index in [1.165, 1.54) is 0 Å². The summed E-state index contributed by atoms with van der Waals surface area (Å²) in [7, 11) is 0. The first-order chi connectivity index (χ1) is 6.27. The van der Waals surface area contributed by atoms with Gasteiger partial charge in [0.25, 0.3) is 0 Å². The van der Waals surface area contributed by atoms with Crippen LogP contribution in [0.3, 0.4) is 0 Å². The summed E-state index contributed by atoms with van der Waals surface area (Å²) < 4.78 is 5.55. The minimum Gasteiger partial charge on any atom is -0.378 e. The molecule has 13 heavy (non-hydrogen) atoms. The lowest BCUT2D eigenvalue weighted by Crippen LogP contribution is -2.30. The highest BCUT2D eigenvalue weighted by molar-refractivity contribution is 6.27. The zero-order valence-electron chi connectivity index (χ0n) is 8.09. The van der Waals surface area contributed by atoms with Gasteiger partial charge in [0.05, 0.1) is 12.0 Å². The van der Waals surface area contributed by atoms with Crippen molar-refractivity contribution in [3.63, 3.8) is 0 Å². The second-order valence-corrected chi connectivity index (χ2v) is 3.87. The second-order valence-electron chi connectivity index (χ2n) is 3.60. The predicted molar refractivity (Wildman–Crippen MR) is 53.1 cm³/mol. The van der Waals surface area contributed by atoms with E-state index in [2.05, 4.69) is 6.92 Å². The molecule has 0 aromatic carbocycles. The Balaban J connectivity index is 2.37. The first-order valence-electron chi connectivity index (χ1n) is 4.98. The molecule has 2 unspecified atom stereocenters. The molecule has 0 N–H and O–H groups in total. The van der Waals surface area contributed by atoms with Crippen molar-refractivity contribution in [1.29, 1.82) is 0 Å². The highest BCUT2D eigenvalue weighted by Crippen LogP contribution is 2.24. The molecule has 76 valence electrons. The first kappa shape index (κ1) is 11.0. The van der Waals surface area contributed by atoms with Gasteiger partial charge < -0.3 is 4.74 Å². The Morgan fingerprint density at radius 3 is 3.00 bits per heavy atom. The lowest BCUT2D eigenvalue weighted by Gasteiger charge is -2.28. The maximum absolute atomic E-state index is 11.3. The van der Waals surface area contributed by atoms with Gasteiger partial charge >= 0.3 is 0 Å². The van der Waals surface area contributed by atoms with Crippen LogP contribution in [-0.2, 0) is 9.53 Å². The molecule has 1 saturated heterocycles. The van der Waals surface area contributed by atoms with Crippen LogP contribution in [0.15, 0.2) is 0 Å². The largest absolute Gasteiger partial charge is 0.378 e. The molecule has 2 atom stereocenters. The van der Waals surface area contributed by atoms with Crippen LogP contribution in [0, 0.1) is 5.92 Å². The molecular weight excluding hydrogens is 188 g/mol. The SMILES string of the molecule is CCCC1CC(C(=O)CCl)CCO1. The van der Waals surface area contributed by atoms with E-state index >= 15 is 0 Å². The summed E-state index contributed by atoms with van der Waals surface area (Å²) in [6.45, 7) is 2.86. The molecule has 1 fully saturated rings. The quantitative estimate of drug-likeness (QED) is 0.658. The Morgan fingerprint density at radius 1 is 1.62 bits per heavy atom. The molecule has 3 heteroatoms. The van der Waals surface area contributed by atoms with Gasteiger partial charge in [-0.15, -0.1) is 11.6 Å². The molecule has 0 saturated carbocycles. The van der Waals surface area contributed by atoms with Crippen molar-refractivity contribution >= 4 is 17.4 Å². The van der Waals surface area contributed by atoms with E-state index in [0.29, 0.717) is 0 Å². The van der Waals surface area contributed by atoms with Gasteiger partial charge in [-0.2, -0.15) is 0 Å². The highest BCUT2D eigenvalue weighted by Gasteiger charge is 2.26. The summed E-state index contributed by atoms with van der Waals surface area (Å²) in [6, 6.07) is 0. The van der Waals surface area contributed by atoms with E-state index in [1.54, 1.807) is 0 Å². The van der Waals surface area contributed by atoms with Gasteiger partial charge in [0.1, 0.15) is 0 Å². The average Bonchev–Trinajstić information content (AvgIpc) is 2.18. The van der Waals surface area contributed by atoms with Gasteiger partial charge in [-0.3, -0.25) is 4.79 Å². The molecule has 0 aliphatic carbocycles. The summed E-state index contributed by atoms with van der Waals surface area (Å²) >= 11 is 5.52. The van der Waals surface area contributed by atoms with Crippen LogP contribution in [0.5, 0.6) is 0 Å². The number of ether oxygens (including phenoxy) is 1. The summed E-state index contributed by atoms with van der Waals surface area (Å²) in [4.78, 5) is 11.3. The molecule has 0 spiro atoms. The minimum atomic E-state index is 0.155. The fourth-order valence-electron chi connectivity index (χ4n) is 1.80. The Hall–Kier alpha value is -0.0800. The fraction of sp³-hybridized carbons (Fsp3) is 0.900. The van der Waals surface area contributed by atoms with E-state index in [9.17, 15) is 4.79 Å². The normalized spacial score (nSPS) is 28.8. The van der Waals surface area contributed by atoms with Crippen LogP contribution in [0.25, 0.3) is 0 Å². The van der Waals surface area contributed by atoms with Crippen molar-refractivity contribution in [1.82, 2.24) is 0 Å². The van der Waals surface area contributed by atoms with E-state index in [1.807, 2.05) is 0 Å². The highest BCUT2D eigenvalue weighted by atomic mass is 35.5. The minimum absolute atomic E-state index is 0.155. The Bertz CT molecular complexity index is 168. The molecule has 1 aliphatic rings. The molecule has 0 aromatic heterocycles. The van der Waals surface area contributed by atoms with Crippen molar-refractivity contribution in [2.75, 3.05) is 12.5 Å². The Morgan fingerprint density at radius 2 is 2.38 bits per heavy atom. The third-order valence-corrected chi connectivity index (χ3v) is 2.83. The number of halogens is 1. The zero-order chi connectivity index (χ0) is 9.68. The number of hydrogen-bond acceptors (Lipinski definition) is 2. The topological polar surface area (TPSA) is 26.3 Å². The molecule has 0 bridgehead atoms. The van der Waals surface area contributed by atoms with Gasteiger partial charge in [0, 0.05) is 12.5 Å². The molecule has 0 radical (unpaired) electrons. The summed E-state index contributed by atoms with van der Waals surface area (Å²) in [5.74, 6) is 0.498. The van der Waals surface area contributed by atoms with Crippen LogP contribution in [0.4, 0.5) is 0 Å². The second kappa shape index (κ2) is 5.61. The maximum Gasteiger partial charge on any atom is 0.150 e. The van der Waals surface area contributed by atoms with Crippen molar-refractivity contribution in [3.8, 4) is 0 Å². The fourth-order valence-corrected chi connectivity index (χ4v) is 2.02. The smallest absolute Gasteiger partial charge is 0.150 e. The van der Waals surface area contributed by atoms with Gasteiger partial charge in [0.2, 0.25) is 0 Å². The van der Waals surface area contributed by atoms with E-state index in [-0.39, 0.29) is 23.7 Å². The monoisotopic (exact) mass is 204 g/mol. The number of hydrogen-bond donors (Lipinski definition) is 0. The Labute approximate surface area is 84.6 Å². The number of rotatable bonds is 4. The maximum atomic E-state index is 11.3. The van der Waals surface area contributed by atoms with Gasteiger partial charge in [0.15, 0.2) is 5.78 Å².